The number of hydrogen-bond acceptors (Lipinski definition) is 6. The van der Waals surface area contributed by atoms with E-state index < -0.39 is 0 Å². The third-order valence-electron chi connectivity index (χ3n) is 7.52. The van der Waals surface area contributed by atoms with Gasteiger partial charge in [0.15, 0.2) is 0 Å². The summed E-state index contributed by atoms with van der Waals surface area (Å²) in [5.74, 6) is 0.418. The van der Waals surface area contributed by atoms with Gasteiger partial charge in [0.05, 0.1) is 63.8 Å². The highest BCUT2D eigenvalue weighted by molar-refractivity contribution is 6.27. The maximum Gasteiger partial charge on any atom is 0.270 e. The summed E-state index contributed by atoms with van der Waals surface area (Å²) >= 11 is 0. The van der Waals surface area contributed by atoms with Gasteiger partial charge in [-0.1, -0.05) is 18.2 Å². The van der Waals surface area contributed by atoms with E-state index in [0.29, 0.717) is 33.4 Å². The molecule has 0 heterocycles. The molecule has 0 atom stereocenters. The molecule has 0 bridgehead atoms. The first-order valence-electron chi connectivity index (χ1n) is 13.0. The summed E-state index contributed by atoms with van der Waals surface area (Å²) in [6.07, 6.45) is 0. The fraction of sp³-hybridized carbons (Fsp3) is 0.0556. The smallest absolute Gasteiger partial charge is 0.270 e. The maximum atomic E-state index is 10.4. The van der Waals surface area contributed by atoms with Crippen molar-refractivity contribution in [1.82, 2.24) is 0 Å². The van der Waals surface area contributed by atoms with Gasteiger partial charge >= 0.3 is 0 Å². The number of allylic oxidation sites excluding steroid dienone is 7. The molecule has 0 aromatic heterocycles. The molecule has 0 saturated heterocycles. The van der Waals surface area contributed by atoms with Gasteiger partial charge in [0.25, 0.3) is 11.4 Å². The fourth-order valence-electron chi connectivity index (χ4n) is 5.65. The summed E-state index contributed by atoms with van der Waals surface area (Å²) < 4.78 is 10.8. The number of hydrogen-bond donors (Lipinski definition) is 0. The zero-order chi connectivity index (χ0) is 33.1. The fourth-order valence-corrected chi connectivity index (χ4v) is 5.65. The van der Waals surface area contributed by atoms with Crippen LogP contribution in [0.1, 0.15) is 38.9 Å². The number of nitriles is 4. The lowest BCUT2D eigenvalue weighted by Gasteiger charge is -2.14. The molecule has 46 heavy (non-hydrogen) atoms. The first-order chi connectivity index (χ1) is 22.4. The van der Waals surface area contributed by atoms with Crippen molar-refractivity contribution in [2.75, 3.05) is 14.2 Å². The van der Waals surface area contributed by atoms with Gasteiger partial charge in [0.1, 0.15) is 23.6 Å². The topological polar surface area (TPSA) is 131 Å². The Bertz CT molecular complexity index is 2220. The van der Waals surface area contributed by atoms with Crippen molar-refractivity contribution in [3.63, 3.8) is 0 Å². The first kappa shape index (κ1) is 29.6. The Morgan fingerprint density at radius 1 is 0.652 bits per heavy atom. The number of benzene rings is 3. The van der Waals surface area contributed by atoms with E-state index in [4.69, 9.17) is 35.8 Å². The number of nitrogens with zero attached hydrogens (tertiary/aromatic N) is 8. The van der Waals surface area contributed by atoms with Crippen molar-refractivity contribution >= 4 is 39.2 Å². The highest BCUT2D eigenvalue weighted by atomic mass is 16.5. The van der Waals surface area contributed by atoms with Crippen molar-refractivity contribution < 1.29 is 9.47 Å². The van der Waals surface area contributed by atoms with E-state index in [1.807, 2.05) is 18.2 Å². The molecule has 0 fully saturated rings. The number of rotatable bonds is 4. The molecule has 3 aromatic carbocycles. The molecule has 0 N–H and O–H groups in total. The van der Waals surface area contributed by atoms with Gasteiger partial charge in [-0.2, -0.15) is 10.5 Å². The molecule has 0 spiro atoms. The molecule has 2 aliphatic rings. The van der Waals surface area contributed by atoms with Crippen LogP contribution in [-0.4, -0.2) is 14.2 Å². The van der Waals surface area contributed by atoms with Crippen LogP contribution in [0, 0.1) is 71.6 Å². The van der Waals surface area contributed by atoms with Crippen LogP contribution in [0.2, 0.25) is 0 Å². The Morgan fingerprint density at radius 2 is 1.24 bits per heavy atom. The van der Waals surface area contributed by atoms with Gasteiger partial charge in [-0.3, -0.25) is 0 Å². The standard InChI is InChI=1S/C36H14N8O2/c1-41-27-12-22-23(14-31(27)46-6)34(28(17-39)42-2)32(26(22)16-38)19-8-7-9-20(10-19)33-35(29(18-40)43-3)24-13-30(45-5)21(15-37)11-25(24)36(33)44-4/h7-14H,5-6H3/b34-28+,35-29-. The Morgan fingerprint density at radius 3 is 1.76 bits per heavy atom. The van der Waals surface area contributed by atoms with E-state index in [9.17, 15) is 21.0 Å². The number of fused-ring (bicyclic) bond motifs is 2. The summed E-state index contributed by atoms with van der Waals surface area (Å²) in [7, 11) is 2.77. The van der Waals surface area contributed by atoms with Crippen molar-refractivity contribution in [2.45, 2.75) is 0 Å². The second-order valence-electron chi connectivity index (χ2n) is 9.56. The van der Waals surface area contributed by atoms with Crippen LogP contribution >= 0.6 is 0 Å². The van der Waals surface area contributed by atoms with Crippen molar-refractivity contribution in [1.29, 1.82) is 21.0 Å². The largest absolute Gasteiger partial charge is 0.508 e. The minimum absolute atomic E-state index is 0.1000. The molecule has 10 nitrogen and oxygen atoms in total. The lowest BCUT2D eigenvalue weighted by Crippen LogP contribution is -1.95. The van der Waals surface area contributed by atoms with Crippen LogP contribution in [-0.2, 0) is 0 Å². The molecule has 3 aromatic rings. The molecular formula is C36H14N8O2. The summed E-state index contributed by atoms with van der Waals surface area (Å²) in [5.41, 5.74) is 3.13. The lowest BCUT2D eigenvalue weighted by atomic mass is 9.90. The van der Waals surface area contributed by atoms with Gasteiger partial charge in [0, 0.05) is 5.57 Å². The summed E-state index contributed by atoms with van der Waals surface area (Å²) in [5, 5.41) is 40.0. The minimum atomic E-state index is -0.282. The molecule has 0 amide bonds. The van der Waals surface area contributed by atoms with Crippen LogP contribution in [0.4, 0.5) is 5.69 Å². The molecular weight excluding hydrogens is 576 g/mol. The SMILES string of the molecule is [C-]#[N+]C1=C(c2cccc(C3=C(C#N)c4cc([N+]#[C-])c(OC)cc4/C3=C(/C#N)[N+]#[C-])c2)/C(=C(/C#N)[N+]#[C-])c2cc(OC)c(C#N)cc21. The van der Waals surface area contributed by atoms with E-state index in [0.717, 1.165) is 0 Å². The average Bonchev–Trinajstić information content (AvgIpc) is 3.59. The molecule has 210 valence electrons. The Balaban J connectivity index is 1.87. The van der Waals surface area contributed by atoms with Crippen molar-refractivity contribution in [2.24, 2.45) is 0 Å². The van der Waals surface area contributed by atoms with Gasteiger partial charge in [-0.05, 0) is 80.4 Å². The second kappa shape index (κ2) is 11.8. The van der Waals surface area contributed by atoms with Crippen LogP contribution in [0.3, 0.4) is 0 Å². The van der Waals surface area contributed by atoms with Gasteiger partial charge in [0.2, 0.25) is 11.4 Å². The highest BCUT2D eigenvalue weighted by Crippen LogP contribution is 2.53. The Labute approximate surface area is 264 Å². The van der Waals surface area contributed by atoms with E-state index >= 15 is 0 Å². The quantitative estimate of drug-likeness (QED) is 0.226. The predicted molar refractivity (Wildman–Crippen MR) is 168 cm³/mol. The molecule has 2 aliphatic carbocycles. The van der Waals surface area contributed by atoms with E-state index in [-0.39, 0.29) is 67.7 Å². The normalized spacial score (nSPS) is 14.5. The minimum Gasteiger partial charge on any atom is -0.508 e. The second-order valence-corrected chi connectivity index (χ2v) is 9.56. The third kappa shape index (κ3) is 4.28. The van der Waals surface area contributed by atoms with Gasteiger partial charge in [-0.25, -0.2) is 29.9 Å². The van der Waals surface area contributed by atoms with Crippen LogP contribution in [0.15, 0.2) is 59.9 Å². The van der Waals surface area contributed by atoms with Gasteiger partial charge in [-0.15, -0.1) is 0 Å². The van der Waals surface area contributed by atoms with Gasteiger partial charge < -0.3 is 9.47 Å². The predicted octanol–water partition coefficient (Wildman–Crippen LogP) is 7.68. The average molecular weight is 591 g/mol. The first-order valence-corrected chi connectivity index (χ1v) is 13.0. The van der Waals surface area contributed by atoms with E-state index in [1.54, 1.807) is 24.3 Å². The summed E-state index contributed by atoms with van der Waals surface area (Å²) in [6.45, 7) is 31.1. The van der Waals surface area contributed by atoms with E-state index in [1.165, 1.54) is 38.5 Å². The Hall–Kier alpha value is -7.86. The van der Waals surface area contributed by atoms with Crippen LogP contribution < -0.4 is 9.47 Å². The zero-order valence-corrected chi connectivity index (χ0v) is 24.0. The van der Waals surface area contributed by atoms with Crippen LogP contribution in [0.5, 0.6) is 11.5 Å². The maximum absolute atomic E-state index is 10.4. The highest BCUT2D eigenvalue weighted by Gasteiger charge is 2.34. The summed E-state index contributed by atoms with van der Waals surface area (Å²) in [6, 6.07) is 20.7. The zero-order valence-electron chi connectivity index (χ0n) is 24.0. The number of methoxy groups -OCH3 is 2. The van der Waals surface area contributed by atoms with Crippen molar-refractivity contribution in [3.05, 3.63) is 145 Å². The molecule has 0 radical (unpaired) electrons. The third-order valence-corrected chi connectivity index (χ3v) is 7.52. The monoisotopic (exact) mass is 590 g/mol. The molecule has 0 unspecified atom stereocenters. The van der Waals surface area contributed by atoms with Crippen molar-refractivity contribution in [3.8, 4) is 35.8 Å². The number of ether oxygens (including phenoxy) is 2. The summed E-state index contributed by atoms with van der Waals surface area (Å²) in [4.78, 5) is 14.1. The molecule has 0 saturated carbocycles. The molecule has 10 heteroatoms. The molecule has 0 aliphatic heterocycles. The van der Waals surface area contributed by atoms with Crippen LogP contribution in [0.25, 0.3) is 52.9 Å². The Kier molecular flexibility index (Phi) is 7.59. The van der Waals surface area contributed by atoms with E-state index in [2.05, 4.69) is 25.4 Å². The lowest BCUT2D eigenvalue weighted by molar-refractivity contribution is 0.413. The molecule has 5 rings (SSSR count).